The predicted molar refractivity (Wildman–Crippen MR) is 160 cm³/mol. The molecular weight excluding hydrogens is 512 g/mol. The van der Waals surface area contributed by atoms with Crippen LogP contribution in [0.2, 0.25) is 5.02 Å². The molecule has 206 valence electrons. The Balaban J connectivity index is 1.31. The Morgan fingerprint density at radius 1 is 0.895 bits per heavy atom. The number of hydrogen-bond acceptors (Lipinski definition) is 3. The van der Waals surface area contributed by atoms with E-state index in [1.54, 1.807) is 11.3 Å². The van der Waals surface area contributed by atoms with Crippen LogP contribution in [0.5, 0.6) is 5.75 Å². The van der Waals surface area contributed by atoms with Gasteiger partial charge in [-0.3, -0.25) is 4.79 Å². The fraction of sp³-hybridized carbons (Fsp3) is 0.500. The van der Waals surface area contributed by atoms with Gasteiger partial charge in [-0.25, -0.2) is 0 Å². The number of nitrogens with zero attached hydrogens (tertiary/aromatic N) is 1. The van der Waals surface area contributed by atoms with Gasteiger partial charge >= 0.3 is 0 Å². The summed E-state index contributed by atoms with van der Waals surface area (Å²) in [4.78, 5) is 12.8. The van der Waals surface area contributed by atoms with E-state index in [0.717, 1.165) is 29.0 Å². The summed E-state index contributed by atoms with van der Waals surface area (Å²) >= 11 is 8.15. The highest BCUT2D eigenvalue weighted by molar-refractivity contribution is 7.07. The van der Waals surface area contributed by atoms with Crippen LogP contribution in [-0.2, 0) is 17.8 Å². The van der Waals surface area contributed by atoms with Gasteiger partial charge in [-0.1, -0.05) is 125 Å². The van der Waals surface area contributed by atoms with E-state index in [2.05, 4.69) is 22.3 Å². The van der Waals surface area contributed by atoms with E-state index in [1.807, 2.05) is 54.0 Å². The first kappa shape index (κ1) is 30.2. The lowest BCUT2D eigenvalue weighted by Crippen LogP contribution is -2.31. The third-order valence-electron chi connectivity index (χ3n) is 6.81. The van der Waals surface area contributed by atoms with Crippen molar-refractivity contribution < 1.29 is 14.1 Å². The summed E-state index contributed by atoms with van der Waals surface area (Å²) in [6.07, 6.45) is 18.2. The second-order valence-corrected chi connectivity index (χ2v) is 11.2. The van der Waals surface area contributed by atoms with Crippen LogP contribution in [0.3, 0.4) is 0 Å². The first-order valence-electron chi connectivity index (χ1n) is 14.4. The average Bonchev–Trinajstić information content (AvgIpc) is 3.43. The Labute approximate surface area is 238 Å². The van der Waals surface area contributed by atoms with Gasteiger partial charge in [0, 0.05) is 10.6 Å². The van der Waals surface area contributed by atoms with Crippen LogP contribution in [0.4, 0.5) is 5.69 Å². The molecule has 3 aromatic rings. The quantitative estimate of drug-likeness (QED) is 0.118. The third-order valence-corrected chi connectivity index (χ3v) is 7.84. The molecule has 3 rings (SSSR count). The van der Waals surface area contributed by atoms with Crippen LogP contribution in [0.15, 0.2) is 59.6 Å². The lowest BCUT2D eigenvalue weighted by molar-refractivity contribution is -0.683. The zero-order valence-electron chi connectivity index (χ0n) is 22.9. The highest BCUT2D eigenvalue weighted by Crippen LogP contribution is 2.24. The van der Waals surface area contributed by atoms with Crippen LogP contribution in [0, 0.1) is 0 Å². The van der Waals surface area contributed by atoms with Crippen LogP contribution < -0.4 is 14.6 Å². The van der Waals surface area contributed by atoms with Crippen LogP contribution in [0.1, 0.15) is 95.1 Å². The average molecular weight is 556 g/mol. The Morgan fingerprint density at radius 3 is 2.24 bits per heavy atom. The second kappa shape index (κ2) is 18.0. The Kier molecular flexibility index (Phi) is 14.3. The number of halogens is 1. The number of amides is 1. The molecule has 0 radical (unpaired) electrons. The van der Waals surface area contributed by atoms with Crippen molar-refractivity contribution in [2.45, 2.75) is 96.9 Å². The molecule has 2 aromatic carbocycles. The number of unbranched alkanes of at least 4 members (excludes halogenated alkanes) is 11. The first-order valence-corrected chi connectivity index (χ1v) is 15.7. The Hall–Kier alpha value is -2.37. The van der Waals surface area contributed by atoms with Crippen molar-refractivity contribution in [1.29, 1.82) is 0 Å². The molecule has 0 unspecified atom stereocenters. The number of ether oxygens (including phenoxy) is 1. The maximum absolute atomic E-state index is 12.8. The molecule has 0 atom stereocenters. The predicted octanol–water partition coefficient (Wildman–Crippen LogP) is 9.00. The molecule has 0 aliphatic heterocycles. The fourth-order valence-electron chi connectivity index (χ4n) is 4.59. The van der Waals surface area contributed by atoms with Crippen LogP contribution in [-0.4, -0.2) is 12.5 Å². The van der Waals surface area contributed by atoms with Crippen molar-refractivity contribution in [3.63, 3.8) is 0 Å². The van der Waals surface area contributed by atoms with Gasteiger partial charge in [0.05, 0.1) is 24.1 Å². The van der Waals surface area contributed by atoms with Gasteiger partial charge in [0.25, 0.3) is 0 Å². The number of anilines is 1. The van der Waals surface area contributed by atoms with E-state index in [4.69, 9.17) is 16.3 Å². The molecule has 0 saturated heterocycles. The molecule has 1 N–H and O–H groups in total. The topological polar surface area (TPSA) is 42.2 Å². The molecule has 6 heteroatoms. The molecule has 0 fully saturated rings. The van der Waals surface area contributed by atoms with Crippen molar-refractivity contribution >= 4 is 34.5 Å². The van der Waals surface area contributed by atoms with E-state index in [1.165, 1.54) is 70.6 Å². The van der Waals surface area contributed by atoms with Gasteiger partial charge in [-0.2, -0.15) is 4.57 Å². The zero-order chi connectivity index (χ0) is 26.8. The number of para-hydroxylation sites is 1. The number of aromatic nitrogens is 1. The number of hydrogen-bond donors (Lipinski definition) is 1. The number of benzene rings is 2. The molecule has 1 heterocycles. The van der Waals surface area contributed by atoms with E-state index < -0.39 is 0 Å². The van der Waals surface area contributed by atoms with Crippen molar-refractivity contribution in [3.8, 4) is 5.75 Å². The summed E-state index contributed by atoms with van der Waals surface area (Å²) in [5.41, 5.74) is 4.75. The molecule has 1 aromatic heterocycles. The van der Waals surface area contributed by atoms with Crippen LogP contribution >= 0.6 is 22.9 Å². The summed E-state index contributed by atoms with van der Waals surface area (Å²) in [6, 6.07) is 13.5. The Bertz CT molecular complexity index is 1070. The van der Waals surface area contributed by atoms with Gasteiger partial charge in [-0.15, -0.1) is 0 Å². The largest absolute Gasteiger partial charge is 0.494 e. The number of thiazole rings is 1. The summed E-state index contributed by atoms with van der Waals surface area (Å²) in [7, 11) is 0. The maximum atomic E-state index is 12.8. The minimum atomic E-state index is -0.0835. The van der Waals surface area contributed by atoms with Gasteiger partial charge in [-0.05, 0) is 30.2 Å². The van der Waals surface area contributed by atoms with Crippen molar-refractivity contribution in [2.75, 3.05) is 11.9 Å². The molecule has 0 saturated carbocycles. The zero-order valence-corrected chi connectivity index (χ0v) is 24.5. The van der Waals surface area contributed by atoms with Crippen molar-refractivity contribution in [3.05, 3.63) is 75.7 Å². The van der Waals surface area contributed by atoms with Crippen molar-refractivity contribution in [2.24, 2.45) is 0 Å². The molecule has 0 bridgehead atoms. The number of carbonyl (C=O) groups excluding carboxylic acids is 1. The molecule has 0 spiro atoms. The van der Waals surface area contributed by atoms with Gasteiger partial charge in [0.2, 0.25) is 11.4 Å². The fourth-order valence-corrected chi connectivity index (χ4v) is 5.43. The number of rotatable bonds is 19. The molecule has 1 amide bonds. The highest BCUT2D eigenvalue weighted by Gasteiger charge is 2.13. The van der Waals surface area contributed by atoms with Crippen LogP contribution in [0.25, 0.3) is 0 Å². The molecule has 38 heavy (non-hydrogen) atoms. The van der Waals surface area contributed by atoms with E-state index in [-0.39, 0.29) is 12.3 Å². The van der Waals surface area contributed by atoms with Crippen molar-refractivity contribution in [1.82, 2.24) is 0 Å². The lowest BCUT2D eigenvalue weighted by atomic mass is 10.1. The van der Waals surface area contributed by atoms with Gasteiger partial charge in [0.15, 0.2) is 12.7 Å². The summed E-state index contributed by atoms with van der Waals surface area (Å²) in [6.45, 7) is 3.69. The highest BCUT2D eigenvalue weighted by atomic mass is 35.5. The summed E-state index contributed by atoms with van der Waals surface area (Å²) in [5.74, 6) is 0.681. The minimum Gasteiger partial charge on any atom is -0.494 e. The SMILES string of the molecule is CCCCCCCCCCCCCCOc1ccc(CC(=O)Nc2ccccc2C[n+]2ccsc2)c(Cl)c1. The normalized spacial score (nSPS) is 11.0. The smallest absolute Gasteiger partial charge is 0.228 e. The van der Waals surface area contributed by atoms with Gasteiger partial charge < -0.3 is 10.1 Å². The van der Waals surface area contributed by atoms with E-state index in [9.17, 15) is 4.79 Å². The minimum absolute atomic E-state index is 0.0835. The monoisotopic (exact) mass is 555 g/mol. The first-order chi connectivity index (χ1) is 18.7. The molecule has 4 nitrogen and oxygen atoms in total. The summed E-state index contributed by atoms with van der Waals surface area (Å²) < 4.78 is 8.01. The summed E-state index contributed by atoms with van der Waals surface area (Å²) in [5, 5.41) is 5.66. The van der Waals surface area contributed by atoms with E-state index in [0.29, 0.717) is 18.2 Å². The van der Waals surface area contributed by atoms with E-state index >= 15 is 0 Å². The third kappa shape index (κ3) is 11.6. The number of carbonyl (C=O) groups is 1. The molecule has 0 aliphatic rings. The number of nitrogens with one attached hydrogen (secondary N) is 1. The second-order valence-electron chi connectivity index (χ2n) is 10.1. The van der Waals surface area contributed by atoms with Gasteiger partial charge in [0.1, 0.15) is 5.75 Å². The Morgan fingerprint density at radius 2 is 1.58 bits per heavy atom. The standard InChI is InChI=1S/C32H43ClN2O2S/c1-2-3-4-5-6-7-8-9-10-11-12-15-21-37-29-19-18-27(30(33)24-29)23-32(36)34-31-17-14-13-16-28(31)25-35-20-22-38-26-35/h13-14,16-20,22,24,26H,2-12,15,21,23,25H2,1H3/p+1. The lowest BCUT2D eigenvalue weighted by Gasteiger charge is -2.11. The maximum Gasteiger partial charge on any atom is 0.228 e. The molecular formula is C32H44ClN2O2S+. The molecule has 0 aliphatic carbocycles.